The third-order valence-corrected chi connectivity index (χ3v) is 3.60. The van der Waals surface area contributed by atoms with Crippen molar-refractivity contribution in [1.82, 2.24) is 5.32 Å². The van der Waals surface area contributed by atoms with Crippen LogP contribution in [0.3, 0.4) is 0 Å². The van der Waals surface area contributed by atoms with Crippen molar-refractivity contribution in [2.24, 2.45) is 0 Å². The highest BCUT2D eigenvalue weighted by molar-refractivity contribution is 5.91. The summed E-state index contributed by atoms with van der Waals surface area (Å²) in [5, 5.41) is 13.4. The van der Waals surface area contributed by atoms with E-state index in [1.807, 2.05) is 18.2 Å². The molecule has 0 saturated heterocycles. The minimum Gasteiger partial charge on any atom is -0.486 e. The van der Waals surface area contributed by atoms with Crippen LogP contribution in [0.4, 0.5) is 5.69 Å². The Balaban J connectivity index is 1.54. The monoisotopic (exact) mass is 340 g/mol. The second-order valence-electron chi connectivity index (χ2n) is 5.38. The van der Waals surface area contributed by atoms with E-state index in [0.717, 1.165) is 5.56 Å². The van der Waals surface area contributed by atoms with Crippen LogP contribution in [0.25, 0.3) is 6.08 Å². The zero-order chi connectivity index (χ0) is 17.6. The molecule has 1 heterocycles. The predicted molar refractivity (Wildman–Crippen MR) is 91.4 cm³/mol. The molecule has 0 saturated carbocycles. The Hall–Kier alpha value is -3.35. The third kappa shape index (κ3) is 4.35. The van der Waals surface area contributed by atoms with E-state index in [0.29, 0.717) is 36.8 Å². The number of ether oxygens (including phenoxy) is 2. The molecule has 1 amide bonds. The van der Waals surface area contributed by atoms with Gasteiger partial charge in [0, 0.05) is 24.8 Å². The van der Waals surface area contributed by atoms with Gasteiger partial charge in [-0.15, -0.1) is 0 Å². The van der Waals surface area contributed by atoms with Crippen LogP contribution in [0.2, 0.25) is 0 Å². The summed E-state index contributed by atoms with van der Waals surface area (Å²) >= 11 is 0. The Labute approximate surface area is 144 Å². The molecule has 0 atom stereocenters. The van der Waals surface area contributed by atoms with Gasteiger partial charge in [0.15, 0.2) is 11.5 Å². The van der Waals surface area contributed by atoms with E-state index < -0.39 is 4.92 Å². The summed E-state index contributed by atoms with van der Waals surface area (Å²) in [6, 6.07) is 11.5. The van der Waals surface area contributed by atoms with Crippen molar-refractivity contribution < 1.29 is 19.2 Å². The Bertz CT molecular complexity index is 815. The maximum absolute atomic E-state index is 11.9. The molecule has 1 N–H and O–H groups in total. The quantitative estimate of drug-likeness (QED) is 0.513. The molecule has 0 aromatic heterocycles. The van der Waals surface area contributed by atoms with Crippen molar-refractivity contribution >= 4 is 17.7 Å². The van der Waals surface area contributed by atoms with Gasteiger partial charge in [0.05, 0.1) is 4.92 Å². The van der Waals surface area contributed by atoms with Gasteiger partial charge in [0.1, 0.15) is 13.2 Å². The number of rotatable bonds is 5. The van der Waals surface area contributed by atoms with Crippen molar-refractivity contribution in [2.45, 2.75) is 6.54 Å². The molecule has 0 fully saturated rings. The van der Waals surface area contributed by atoms with Crippen molar-refractivity contribution in [3.05, 3.63) is 69.8 Å². The van der Waals surface area contributed by atoms with E-state index in [4.69, 9.17) is 9.47 Å². The van der Waals surface area contributed by atoms with E-state index >= 15 is 0 Å². The van der Waals surface area contributed by atoms with Crippen LogP contribution in [0.1, 0.15) is 11.1 Å². The lowest BCUT2D eigenvalue weighted by atomic mass is 10.2. The van der Waals surface area contributed by atoms with Gasteiger partial charge in [0.2, 0.25) is 5.91 Å². The Morgan fingerprint density at radius 3 is 2.56 bits per heavy atom. The van der Waals surface area contributed by atoms with Crippen LogP contribution in [0.5, 0.6) is 11.5 Å². The number of nitro benzene ring substituents is 1. The molecule has 0 unspecified atom stereocenters. The molecule has 2 aromatic carbocycles. The van der Waals surface area contributed by atoms with Crippen molar-refractivity contribution in [1.29, 1.82) is 0 Å². The molecule has 2 aromatic rings. The lowest BCUT2D eigenvalue weighted by molar-refractivity contribution is -0.384. The van der Waals surface area contributed by atoms with Crippen molar-refractivity contribution in [3.63, 3.8) is 0 Å². The fraction of sp³-hybridized carbons (Fsp3) is 0.167. The molecule has 3 rings (SSSR count). The number of hydrogen-bond acceptors (Lipinski definition) is 5. The maximum Gasteiger partial charge on any atom is 0.269 e. The number of carbonyl (C=O) groups excluding carboxylic acids is 1. The number of amides is 1. The zero-order valence-electron chi connectivity index (χ0n) is 13.3. The van der Waals surface area contributed by atoms with Gasteiger partial charge < -0.3 is 14.8 Å². The molecule has 0 spiro atoms. The summed E-state index contributed by atoms with van der Waals surface area (Å²) in [6.45, 7) is 1.41. The number of carbonyl (C=O) groups is 1. The number of hydrogen-bond donors (Lipinski definition) is 1. The molecule has 0 radical (unpaired) electrons. The van der Waals surface area contributed by atoms with Crippen LogP contribution in [0, 0.1) is 10.1 Å². The second kappa shape index (κ2) is 7.48. The number of non-ortho nitro benzene ring substituents is 1. The Kier molecular flexibility index (Phi) is 4.94. The summed E-state index contributed by atoms with van der Waals surface area (Å²) in [5.41, 5.74) is 1.63. The van der Waals surface area contributed by atoms with Crippen LogP contribution < -0.4 is 14.8 Å². The number of nitro groups is 1. The summed E-state index contributed by atoms with van der Waals surface area (Å²) < 4.78 is 11.0. The van der Waals surface area contributed by atoms with Crippen molar-refractivity contribution in [3.8, 4) is 11.5 Å². The van der Waals surface area contributed by atoms with Gasteiger partial charge in [0.25, 0.3) is 5.69 Å². The normalized spacial score (nSPS) is 12.8. The van der Waals surface area contributed by atoms with Gasteiger partial charge in [-0.05, 0) is 41.5 Å². The zero-order valence-corrected chi connectivity index (χ0v) is 13.3. The fourth-order valence-electron chi connectivity index (χ4n) is 2.32. The second-order valence-corrected chi connectivity index (χ2v) is 5.38. The molecule has 25 heavy (non-hydrogen) atoms. The third-order valence-electron chi connectivity index (χ3n) is 3.60. The molecule has 7 heteroatoms. The van der Waals surface area contributed by atoms with Gasteiger partial charge in [-0.3, -0.25) is 14.9 Å². The summed E-state index contributed by atoms with van der Waals surface area (Å²) in [6.07, 6.45) is 2.99. The van der Waals surface area contributed by atoms with Gasteiger partial charge in [-0.2, -0.15) is 0 Å². The van der Waals surface area contributed by atoms with Gasteiger partial charge >= 0.3 is 0 Å². The number of benzene rings is 2. The largest absolute Gasteiger partial charge is 0.486 e. The average Bonchev–Trinajstić information content (AvgIpc) is 2.65. The number of nitrogens with zero attached hydrogens (tertiary/aromatic N) is 1. The molecular weight excluding hydrogens is 324 g/mol. The molecule has 1 aliphatic rings. The maximum atomic E-state index is 11.9. The number of nitrogens with one attached hydrogen (secondary N) is 1. The first kappa shape index (κ1) is 16.5. The van der Waals surface area contributed by atoms with E-state index in [2.05, 4.69) is 5.32 Å². The standard InChI is InChI=1S/C18H16N2O5/c21-18(8-4-13-1-5-15(6-2-13)20(22)23)19-12-14-3-7-16-17(11-14)25-10-9-24-16/h1-8,11H,9-10,12H2,(H,19,21). The van der Waals surface area contributed by atoms with E-state index in [-0.39, 0.29) is 11.6 Å². The number of fused-ring (bicyclic) bond motifs is 1. The van der Waals surface area contributed by atoms with E-state index in [1.54, 1.807) is 18.2 Å². The average molecular weight is 340 g/mol. The van der Waals surface area contributed by atoms with Crippen LogP contribution >= 0.6 is 0 Å². The molecular formula is C18H16N2O5. The van der Waals surface area contributed by atoms with Crippen molar-refractivity contribution in [2.75, 3.05) is 13.2 Å². The van der Waals surface area contributed by atoms with Gasteiger partial charge in [-0.25, -0.2) is 0 Å². The summed E-state index contributed by atoms with van der Waals surface area (Å²) in [7, 11) is 0. The summed E-state index contributed by atoms with van der Waals surface area (Å²) in [4.78, 5) is 22.0. The minimum atomic E-state index is -0.465. The Morgan fingerprint density at radius 1 is 1.12 bits per heavy atom. The first-order valence-electron chi connectivity index (χ1n) is 7.71. The summed E-state index contributed by atoms with van der Waals surface area (Å²) in [5.74, 6) is 1.13. The highest BCUT2D eigenvalue weighted by Crippen LogP contribution is 2.30. The topological polar surface area (TPSA) is 90.7 Å². The first-order chi connectivity index (χ1) is 12.1. The minimum absolute atomic E-state index is 0.0141. The van der Waals surface area contributed by atoms with E-state index in [9.17, 15) is 14.9 Å². The van der Waals surface area contributed by atoms with Crippen LogP contribution in [-0.2, 0) is 11.3 Å². The van der Waals surface area contributed by atoms with E-state index in [1.165, 1.54) is 18.2 Å². The lowest BCUT2D eigenvalue weighted by Crippen LogP contribution is -2.20. The smallest absolute Gasteiger partial charge is 0.269 e. The SMILES string of the molecule is O=C(C=Cc1ccc([N+](=O)[O-])cc1)NCc1ccc2c(c1)OCCO2. The lowest BCUT2D eigenvalue weighted by Gasteiger charge is -2.18. The predicted octanol–water partition coefficient (Wildman–Crippen LogP) is 2.70. The van der Waals surface area contributed by atoms with Crippen LogP contribution in [0.15, 0.2) is 48.5 Å². The molecule has 128 valence electrons. The molecule has 0 bridgehead atoms. The molecule has 0 aliphatic carbocycles. The Morgan fingerprint density at radius 2 is 1.84 bits per heavy atom. The van der Waals surface area contributed by atoms with Gasteiger partial charge in [-0.1, -0.05) is 6.07 Å². The first-order valence-corrected chi connectivity index (χ1v) is 7.71. The van der Waals surface area contributed by atoms with Crippen LogP contribution in [-0.4, -0.2) is 24.0 Å². The molecule has 1 aliphatic heterocycles. The highest BCUT2D eigenvalue weighted by atomic mass is 16.6. The molecule has 7 nitrogen and oxygen atoms in total. The highest BCUT2D eigenvalue weighted by Gasteiger charge is 2.11. The fourth-order valence-corrected chi connectivity index (χ4v) is 2.32.